The molecule has 0 aromatic carbocycles. The first kappa shape index (κ1) is 10.2. The Morgan fingerprint density at radius 1 is 1.17 bits per heavy atom. The van der Waals surface area contributed by atoms with Gasteiger partial charge in [-0.25, -0.2) is 0 Å². The van der Waals surface area contributed by atoms with E-state index in [9.17, 15) is 0 Å². The molecule has 6 heteroatoms. The topological polar surface area (TPSA) is 89.4 Å². The first-order valence-corrected chi connectivity index (χ1v) is 4.24. The molecule has 0 amide bonds. The Bertz CT molecular complexity index is 23.0. The smallest absolute Gasteiger partial charge is 0.256 e. The summed E-state index contributed by atoms with van der Waals surface area (Å²) >= 11 is -5.69. The van der Waals surface area contributed by atoms with E-state index in [0.717, 1.165) is 0 Å². The highest BCUT2D eigenvalue weighted by Gasteiger charge is 2.11. The fraction of sp³-hybridized carbons (Fsp3) is 0. The second-order valence-corrected chi connectivity index (χ2v) is 2.66. The van der Waals surface area contributed by atoms with Crippen molar-refractivity contribution in [2.45, 2.75) is 0 Å². The van der Waals surface area contributed by atoms with Crippen LogP contribution in [0.25, 0.3) is 0 Å². The number of hydrogen-bond acceptors (Lipinski definition) is 4. The normalized spacial score (nSPS) is 10.0. The molecule has 0 aliphatic carbocycles. The Morgan fingerprint density at radius 3 is 1.17 bits per heavy atom. The van der Waals surface area contributed by atoms with Gasteiger partial charge in [-0.3, -0.25) is 10.3 Å². The van der Waals surface area contributed by atoms with Gasteiger partial charge in [0.25, 0.3) is 0 Å². The monoisotopic (exact) mass is 222 g/mol. The highest BCUT2D eigenvalue weighted by atomic mass is 127. The van der Waals surface area contributed by atoms with Gasteiger partial charge in [0.15, 0.2) is 17.4 Å². The third kappa shape index (κ3) is 70.7. The molecule has 0 rings (SSSR count). The van der Waals surface area contributed by atoms with Crippen molar-refractivity contribution < 1.29 is 33.8 Å². The Morgan fingerprint density at radius 2 is 1.17 bits per heavy atom. The minimum absolute atomic E-state index is 0. The Kier molecular flexibility index (Phi) is 5.33. The molecule has 0 radical (unpaired) electrons. The Hall–Kier alpha value is 1.10. The highest BCUT2D eigenvalue weighted by molar-refractivity contribution is 5.75. The molecule has 0 saturated carbocycles. The molecule has 0 aliphatic heterocycles. The molecule has 1 N–H and O–H groups in total. The van der Waals surface area contributed by atoms with E-state index in [2.05, 4.69) is 0 Å². The van der Waals surface area contributed by atoms with E-state index in [1.165, 1.54) is 0 Å². The summed E-state index contributed by atoms with van der Waals surface area (Å²) in [4.78, 5) is 0. The summed E-state index contributed by atoms with van der Waals surface area (Å²) < 4.78 is 33.2. The minimum Gasteiger partial charge on any atom is -0.256 e. The molecule has 6 heavy (non-hydrogen) atoms. The van der Waals surface area contributed by atoms with Crippen LogP contribution in [0, 0.1) is 0 Å². The summed E-state index contributed by atoms with van der Waals surface area (Å²) in [5, 5.41) is 0. The lowest BCUT2D eigenvalue weighted by atomic mass is 16.0. The van der Waals surface area contributed by atoms with Crippen molar-refractivity contribution in [3.8, 4) is 0 Å². The Labute approximate surface area is 51.3 Å². The SMILES string of the molecule is [AlH3].[O-][I+3]([O-])([O-])O. The lowest BCUT2D eigenvalue weighted by molar-refractivity contribution is -1.92. The zero-order valence-electron chi connectivity index (χ0n) is 2.05. The first-order valence-electron chi connectivity index (χ1n) is 0.632. The van der Waals surface area contributed by atoms with Crippen LogP contribution in [0.5, 0.6) is 0 Å². The summed E-state index contributed by atoms with van der Waals surface area (Å²) in [6.45, 7) is 0. The molecule has 0 spiro atoms. The molecule has 0 unspecified atom stereocenters. The second-order valence-electron chi connectivity index (χ2n) is 0.396. The van der Waals surface area contributed by atoms with Gasteiger partial charge in [-0.1, -0.05) is 0 Å². The van der Waals surface area contributed by atoms with Crippen LogP contribution in [0.3, 0.4) is 0 Å². The average Bonchev–Trinajstić information content (AvgIpc) is 0.722. The molecular weight excluding hydrogens is 218 g/mol. The fourth-order valence-electron chi connectivity index (χ4n) is 0. The van der Waals surface area contributed by atoms with E-state index in [4.69, 9.17) is 13.7 Å². The van der Waals surface area contributed by atoms with Crippen LogP contribution in [0.1, 0.15) is 0 Å². The van der Waals surface area contributed by atoms with Crippen LogP contribution < -0.4 is 30.4 Å². The molecule has 0 aromatic heterocycles. The van der Waals surface area contributed by atoms with Crippen LogP contribution in [0.4, 0.5) is 0 Å². The molecule has 0 aromatic rings. The lowest BCUT2D eigenvalue weighted by Gasteiger charge is -1.93. The van der Waals surface area contributed by atoms with Gasteiger partial charge in [0.2, 0.25) is 0 Å². The maximum atomic E-state index is 8.73. The fourth-order valence-corrected chi connectivity index (χ4v) is 0. The van der Waals surface area contributed by atoms with Crippen molar-refractivity contribution >= 4 is 17.4 Å². The second kappa shape index (κ2) is 3.15. The van der Waals surface area contributed by atoms with E-state index in [-0.39, 0.29) is 17.4 Å². The van der Waals surface area contributed by atoms with Gasteiger partial charge in [-0.15, -0.1) is 0 Å². The molecule has 38 valence electrons. The molecule has 4 nitrogen and oxygen atoms in total. The minimum atomic E-state index is -5.69. The summed E-state index contributed by atoms with van der Waals surface area (Å²) in [6.07, 6.45) is 0. The largest absolute Gasteiger partial charge is 0.368 e. The van der Waals surface area contributed by atoms with Crippen molar-refractivity contribution in [2.75, 3.05) is 0 Å². The number of rotatable bonds is 0. The van der Waals surface area contributed by atoms with Crippen molar-refractivity contribution in [1.82, 2.24) is 0 Å². The highest BCUT2D eigenvalue weighted by Crippen LogP contribution is 0.389. The molecule has 0 aliphatic rings. The maximum absolute atomic E-state index is 8.73. The third-order valence-corrected chi connectivity index (χ3v) is 0. The van der Waals surface area contributed by atoms with Gasteiger partial charge in [0, 0.05) is 3.44 Å². The number of halogens is 1. The molecule has 0 heterocycles. The summed E-state index contributed by atoms with van der Waals surface area (Å²) in [6, 6.07) is 0. The van der Waals surface area contributed by atoms with Crippen LogP contribution >= 0.6 is 0 Å². The van der Waals surface area contributed by atoms with E-state index < -0.39 is 20.1 Å². The predicted octanol–water partition coefficient (Wildman–Crippen LogP) is -8.30. The van der Waals surface area contributed by atoms with Crippen LogP contribution in [0.15, 0.2) is 0 Å². The van der Waals surface area contributed by atoms with E-state index >= 15 is 0 Å². The average molecular weight is 222 g/mol. The summed E-state index contributed by atoms with van der Waals surface area (Å²) in [7, 11) is 0. The zero-order valence-corrected chi connectivity index (χ0v) is 4.21. The molecule has 0 saturated heterocycles. The molecule has 0 fully saturated rings. The number of hydrogen-bond donors (Lipinski definition) is 1. The summed E-state index contributed by atoms with van der Waals surface area (Å²) in [5.74, 6) is 0. The predicted molar refractivity (Wildman–Crippen MR) is 12.2 cm³/mol. The van der Waals surface area contributed by atoms with Gasteiger partial charge in [-0.2, -0.15) is 0 Å². The zero-order chi connectivity index (χ0) is 4.50. The van der Waals surface area contributed by atoms with Crippen molar-refractivity contribution in [3.63, 3.8) is 0 Å². The van der Waals surface area contributed by atoms with Gasteiger partial charge in [0.05, 0.1) is 0 Å². The first-order chi connectivity index (χ1) is 2.00. The van der Waals surface area contributed by atoms with E-state index in [1.54, 1.807) is 0 Å². The third-order valence-electron chi connectivity index (χ3n) is 0. The van der Waals surface area contributed by atoms with Gasteiger partial charge >= 0.3 is 20.1 Å². The van der Waals surface area contributed by atoms with E-state index in [0.29, 0.717) is 0 Å². The molecule has 0 bridgehead atoms. The van der Waals surface area contributed by atoms with E-state index in [1.807, 2.05) is 0 Å². The molecule has 0 atom stereocenters. The maximum Gasteiger partial charge on any atom is 0.368 e. The van der Waals surface area contributed by atoms with Gasteiger partial charge < -0.3 is 0 Å². The van der Waals surface area contributed by atoms with Crippen LogP contribution in [0.2, 0.25) is 0 Å². The Balaban J connectivity index is 0. The standard InChI is InChI=1S/Al.HIO4.3H/c;2-1(3,4)5;;;/h;2H;;;. The summed E-state index contributed by atoms with van der Waals surface area (Å²) in [5.41, 5.74) is 0. The van der Waals surface area contributed by atoms with Crippen LogP contribution in [-0.4, -0.2) is 20.8 Å². The van der Waals surface area contributed by atoms with Crippen molar-refractivity contribution in [3.05, 3.63) is 0 Å². The quantitative estimate of drug-likeness (QED) is 0.325. The lowest BCUT2D eigenvalue weighted by Crippen LogP contribution is -4.23. The molecular formula is H4AlIO4. The van der Waals surface area contributed by atoms with Crippen LogP contribution in [-0.2, 0) is 0 Å². The van der Waals surface area contributed by atoms with Gasteiger partial charge in [-0.05, 0) is 0 Å². The van der Waals surface area contributed by atoms with Crippen molar-refractivity contribution in [2.24, 2.45) is 0 Å². The van der Waals surface area contributed by atoms with Crippen molar-refractivity contribution in [1.29, 1.82) is 0 Å². The van der Waals surface area contributed by atoms with Gasteiger partial charge in [0.1, 0.15) is 0 Å².